The van der Waals surface area contributed by atoms with Gasteiger partial charge in [0.1, 0.15) is 17.3 Å². The summed E-state index contributed by atoms with van der Waals surface area (Å²) in [5, 5.41) is 16.0. The molecule has 2 aromatic carbocycles. The van der Waals surface area contributed by atoms with E-state index in [9.17, 15) is 19.1 Å². The van der Waals surface area contributed by atoms with E-state index in [1.807, 2.05) is 0 Å². The van der Waals surface area contributed by atoms with E-state index in [1.165, 1.54) is 43.7 Å². The first-order chi connectivity index (χ1) is 12.5. The number of anilines is 1. The third-order valence-electron chi connectivity index (χ3n) is 3.33. The van der Waals surface area contributed by atoms with E-state index in [0.717, 1.165) is 0 Å². The number of halogens is 1. The normalized spacial score (nSPS) is 10.5. The second-order valence-electron chi connectivity index (χ2n) is 5.27. The lowest BCUT2D eigenvalue weighted by Gasteiger charge is -2.05. The molecule has 0 aliphatic carbocycles. The first kappa shape index (κ1) is 18.9. The molecular weight excluding hydrogens is 341 g/mol. The first-order valence-electron chi connectivity index (χ1n) is 7.72. The summed E-state index contributed by atoms with van der Waals surface area (Å²) in [6.07, 6.45) is 1.14. The van der Waals surface area contributed by atoms with E-state index in [4.69, 9.17) is 4.74 Å². The Kier molecular flexibility index (Phi) is 6.67. The number of amides is 2. The molecule has 8 heteroatoms. The van der Waals surface area contributed by atoms with Crippen LogP contribution in [0.4, 0.5) is 10.1 Å². The van der Waals surface area contributed by atoms with E-state index in [0.29, 0.717) is 17.0 Å². The highest BCUT2D eigenvalue weighted by Gasteiger charge is 2.07. The van der Waals surface area contributed by atoms with Crippen LogP contribution in [0.15, 0.2) is 47.6 Å². The second-order valence-corrected chi connectivity index (χ2v) is 5.27. The predicted molar refractivity (Wildman–Crippen MR) is 94.7 cm³/mol. The highest BCUT2D eigenvalue weighted by atomic mass is 19.1. The van der Waals surface area contributed by atoms with Gasteiger partial charge in [-0.25, -0.2) is 9.82 Å². The van der Waals surface area contributed by atoms with Crippen LogP contribution in [0.25, 0.3) is 0 Å². The van der Waals surface area contributed by atoms with Crippen molar-refractivity contribution in [3.8, 4) is 11.5 Å². The van der Waals surface area contributed by atoms with Gasteiger partial charge in [-0.05, 0) is 42.5 Å². The van der Waals surface area contributed by atoms with Crippen molar-refractivity contribution in [2.75, 3.05) is 12.4 Å². The number of phenolic OH excluding ortho intramolecular Hbond substituents is 1. The third kappa shape index (κ3) is 5.90. The molecule has 0 unspecified atom stereocenters. The minimum absolute atomic E-state index is 0.0116. The fourth-order valence-electron chi connectivity index (χ4n) is 1.98. The Bertz CT molecular complexity index is 807. The van der Waals surface area contributed by atoms with Crippen LogP contribution < -0.4 is 15.5 Å². The van der Waals surface area contributed by atoms with E-state index in [2.05, 4.69) is 15.8 Å². The second kappa shape index (κ2) is 9.16. The molecule has 0 saturated heterocycles. The van der Waals surface area contributed by atoms with Gasteiger partial charge in [0.25, 0.3) is 0 Å². The molecule has 0 atom stereocenters. The zero-order valence-electron chi connectivity index (χ0n) is 14.0. The molecule has 136 valence electrons. The molecular formula is C18H18FN3O4. The number of carbonyl (C=O) groups is 2. The number of rotatable bonds is 7. The zero-order chi connectivity index (χ0) is 18.9. The average molecular weight is 359 g/mol. The van der Waals surface area contributed by atoms with Gasteiger partial charge in [-0.15, -0.1) is 0 Å². The van der Waals surface area contributed by atoms with Crippen LogP contribution in [0.3, 0.4) is 0 Å². The standard InChI is InChI=1S/C18H18FN3O4/c1-26-15-6-7-16(23)12(10-15)11-20-22-18(25)9-8-17(24)21-14-4-2-13(19)3-5-14/h2-7,10-11,23H,8-9H2,1H3,(H,21,24)(H,22,25). The molecule has 0 aliphatic rings. The van der Waals surface area contributed by atoms with Gasteiger partial charge in [0.2, 0.25) is 11.8 Å². The number of ether oxygens (including phenoxy) is 1. The molecule has 0 aromatic heterocycles. The van der Waals surface area contributed by atoms with Crippen molar-refractivity contribution in [1.82, 2.24) is 5.43 Å². The lowest BCUT2D eigenvalue weighted by atomic mass is 10.2. The number of nitrogens with one attached hydrogen (secondary N) is 2. The van der Waals surface area contributed by atoms with Crippen LogP contribution in [0, 0.1) is 5.82 Å². The minimum atomic E-state index is -0.460. The Balaban J connectivity index is 1.78. The summed E-state index contributed by atoms with van der Waals surface area (Å²) in [4.78, 5) is 23.4. The Labute approximate surface area is 149 Å². The molecule has 0 spiro atoms. The summed E-state index contributed by atoms with van der Waals surface area (Å²) in [6.45, 7) is 0. The molecule has 0 heterocycles. The number of phenols is 1. The number of hydrogen-bond acceptors (Lipinski definition) is 5. The van der Waals surface area contributed by atoms with Crippen LogP contribution in [-0.4, -0.2) is 30.2 Å². The number of aromatic hydroxyl groups is 1. The van der Waals surface area contributed by atoms with Crippen LogP contribution in [-0.2, 0) is 9.59 Å². The highest BCUT2D eigenvalue weighted by Crippen LogP contribution is 2.20. The van der Waals surface area contributed by atoms with Gasteiger partial charge in [-0.3, -0.25) is 9.59 Å². The molecule has 2 aromatic rings. The third-order valence-corrected chi connectivity index (χ3v) is 3.33. The smallest absolute Gasteiger partial charge is 0.240 e. The molecule has 0 fully saturated rings. The summed E-state index contributed by atoms with van der Waals surface area (Å²) in [7, 11) is 1.49. The van der Waals surface area contributed by atoms with Crippen molar-refractivity contribution in [1.29, 1.82) is 0 Å². The van der Waals surface area contributed by atoms with Gasteiger partial charge in [0.05, 0.1) is 13.3 Å². The monoisotopic (exact) mass is 359 g/mol. The Morgan fingerprint density at radius 2 is 1.85 bits per heavy atom. The maximum absolute atomic E-state index is 12.8. The van der Waals surface area contributed by atoms with E-state index >= 15 is 0 Å². The van der Waals surface area contributed by atoms with Gasteiger partial charge in [-0.2, -0.15) is 5.10 Å². The quantitative estimate of drug-likeness (QED) is 0.522. The van der Waals surface area contributed by atoms with Crippen LogP contribution >= 0.6 is 0 Å². The Morgan fingerprint density at radius 3 is 2.54 bits per heavy atom. The topological polar surface area (TPSA) is 100 Å². The lowest BCUT2D eigenvalue weighted by Crippen LogP contribution is -2.20. The van der Waals surface area contributed by atoms with Gasteiger partial charge < -0.3 is 15.2 Å². The molecule has 2 amide bonds. The summed E-state index contributed by atoms with van der Waals surface area (Å²) < 4.78 is 17.8. The van der Waals surface area contributed by atoms with E-state index < -0.39 is 11.7 Å². The zero-order valence-corrected chi connectivity index (χ0v) is 14.0. The van der Waals surface area contributed by atoms with Crippen molar-refractivity contribution in [3.63, 3.8) is 0 Å². The summed E-state index contributed by atoms with van der Waals surface area (Å²) in [5.74, 6) is -0.711. The molecule has 7 nitrogen and oxygen atoms in total. The molecule has 26 heavy (non-hydrogen) atoms. The highest BCUT2D eigenvalue weighted by molar-refractivity contribution is 5.93. The number of nitrogens with zero attached hydrogens (tertiary/aromatic N) is 1. The summed E-state index contributed by atoms with van der Waals surface area (Å²) in [5.41, 5.74) is 3.09. The summed E-state index contributed by atoms with van der Waals surface area (Å²) >= 11 is 0. The van der Waals surface area contributed by atoms with Crippen molar-refractivity contribution in [2.45, 2.75) is 12.8 Å². The molecule has 0 bridgehead atoms. The number of benzene rings is 2. The number of carbonyl (C=O) groups excluding carboxylic acids is 2. The Morgan fingerprint density at radius 1 is 1.15 bits per heavy atom. The van der Waals surface area contributed by atoms with E-state index in [-0.39, 0.29) is 24.5 Å². The SMILES string of the molecule is COc1ccc(O)c(C=NNC(=O)CCC(=O)Nc2ccc(F)cc2)c1. The molecule has 2 rings (SSSR count). The van der Waals surface area contributed by atoms with Crippen LogP contribution in [0.1, 0.15) is 18.4 Å². The van der Waals surface area contributed by atoms with Crippen molar-refractivity contribution >= 4 is 23.7 Å². The average Bonchev–Trinajstić information content (AvgIpc) is 2.63. The van der Waals surface area contributed by atoms with Crippen LogP contribution in [0.2, 0.25) is 0 Å². The molecule has 0 radical (unpaired) electrons. The first-order valence-corrected chi connectivity index (χ1v) is 7.72. The van der Waals surface area contributed by atoms with Gasteiger partial charge in [0.15, 0.2) is 0 Å². The minimum Gasteiger partial charge on any atom is -0.507 e. The van der Waals surface area contributed by atoms with Crippen molar-refractivity contribution in [3.05, 3.63) is 53.8 Å². The van der Waals surface area contributed by atoms with Crippen molar-refractivity contribution < 1.29 is 23.8 Å². The molecule has 3 N–H and O–H groups in total. The molecule has 0 saturated carbocycles. The van der Waals surface area contributed by atoms with Crippen molar-refractivity contribution in [2.24, 2.45) is 5.10 Å². The summed E-state index contributed by atoms with van der Waals surface area (Å²) in [6, 6.07) is 9.90. The maximum Gasteiger partial charge on any atom is 0.240 e. The van der Waals surface area contributed by atoms with E-state index in [1.54, 1.807) is 12.1 Å². The molecule has 0 aliphatic heterocycles. The lowest BCUT2D eigenvalue weighted by molar-refractivity contribution is -0.124. The number of hydrogen-bond donors (Lipinski definition) is 3. The van der Waals surface area contributed by atoms with Gasteiger partial charge in [-0.1, -0.05) is 0 Å². The largest absolute Gasteiger partial charge is 0.507 e. The number of hydrazone groups is 1. The van der Waals surface area contributed by atoms with Crippen LogP contribution in [0.5, 0.6) is 11.5 Å². The maximum atomic E-state index is 12.8. The fraction of sp³-hybridized carbons (Fsp3) is 0.167. The predicted octanol–water partition coefficient (Wildman–Crippen LogP) is 2.41. The number of methoxy groups -OCH3 is 1. The Hall–Kier alpha value is -3.42. The van der Waals surface area contributed by atoms with Gasteiger partial charge >= 0.3 is 0 Å². The fourth-order valence-corrected chi connectivity index (χ4v) is 1.98. The van der Waals surface area contributed by atoms with Gasteiger partial charge in [0, 0.05) is 24.1 Å².